The molecule has 19 heavy (non-hydrogen) atoms. The molecule has 1 aliphatic rings. The molecule has 1 fully saturated rings. The van der Waals surface area contributed by atoms with E-state index in [1.165, 1.54) is 12.1 Å². The van der Waals surface area contributed by atoms with Crippen LogP contribution in [0.15, 0.2) is 24.3 Å². The Morgan fingerprint density at radius 2 is 1.89 bits per heavy atom. The van der Waals surface area contributed by atoms with Crippen molar-refractivity contribution in [2.45, 2.75) is 18.9 Å². The molecule has 0 saturated carbocycles. The molecule has 1 heterocycles. The van der Waals surface area contributed by atoms with Crippen LogP contribution in [0.2, 0.25) is 0 Å². The second-order valence-electron chi connectivity index (χ2n) is 4.32. The van der Waals surface area contributed by atoms with Crippen LogP contribution in [0.5, 0.6) is 0 Å². The van der Waals surface area contributed by atoms with Crippen LogP contribution < -0.4 is 4.90 Å². The van der Waals surface area contributed by atoms with Crippen molar-refractivity contribution in [1.29, 1.82) is 0 Å². The van der Waals surface area contributed by atoms with Crippen molar-refractivity contribution in [2.24, 2.45) is 0 Å². The number of ether oxygens (including phenoxy) is 1. The molecule has 7 heteroatoms. The molecule has 0 N–H and O–H groups in total. The quantitative estimate of drug-likeness (QED) is 0.485. The molecule has 6 nitrogen and oxygen atoms in total. The summed E-state index contributed by atoms with van der Waals surface area (Å²) in [5.41, 5.74) is 0.241. The number of nitrogens with zero attached hydrogens (tertiary/aromatic N) is 2. The molecule has 0 atom stereocenters. The van der Waals surface area contributed by atoms with E-state index in [4.69, 9.17) is 16.3 Å². The summed E-state index contributed by atoms with van der Waals surface area (Å²) in [4.78, 5) is 22.9. The summed E-state index contributed by atoms with van der Waals surface area (Å²) in [7, 11) is 0. The maximum Gasteiger partial charge on any atom is 0.404 e. The number of carbonyl (C=O) groups is 1. The number of hydrogen-bond donors (Lipinski definition) is 0. The molecule has 0 bridgehead atoms. The molecule has 102 valence electrons. The van der Waals surface area contributed by atoms with Gasteiger partial charge in [-0.3, -0.25) is 10.1 Å². The lowest BCUT2D eigenvalue weighted by atomic mass is 10.1. The van der Waals surface area contributed by atoms with Crippen molar-refractivity contribution < 1.29 is 14.5 Å². The van der Waals surface area contributed by atoms with Crippen molar-refractivity contribution in [3.05, 3.63) is 34.4 Å². The van der Waals surface area contributed by atoms with E-state index in [1.54, 1.807) is 12.1 Å². The Bertz CT molecular complexity index is 469. The van der Waals surface area contributed by atoms with Gasteiger partial charge in [0.2, 0.25) is 0 Å². The number of benzene rings is 1. The zero-order valence-corrected chi connectivity index (χ0v) is 10.9. The van der Waals surface area contributed by atoms with Gasteiger partial charge < -0.3 is 9.64 Å². The van der Waals surface area contributed by atoms with E-state index in [1.807, 2.05) is 0 Å². The minimum atomic E-state index is -0.770. The number of nitro groups is 1. The third kappa shape index (κ3) is 3.57. The first-order valence-electron chi connectivity index (χ1n) is 5.92. The molecule has 0 amide bonds. The van der Waals surface area contributed by atoms with Crippen LogP contribution in [0.4, 0.5) is 16.2 Å². The topological polar surface area (TPSA) is 72.7 Å². The first-order valence-corrected chi connectivity index (χ1v) is 6.29. The zero-order valence-electron chi connectivity index (χ0n) is 10.1. The van der Waals surface area contributed by atoms with E-state index < -0.39 is 10.4 Å². The van der Waals surface area contributed by atoms with E-state index in [-0.39, 0.29) is 11.8 Å². The third-order valence-corrected chi connectivity index (χ3v) is 3.22. The predicted octanol–water partition coefficient (Wildman–Crippen LogP) is 2.94. The van der Waals surface area contributed by atoms with Gasteiger partial charge in [0.15, 0.2) is 0 Å². The standard InChI is InChI=1S/C12H13ClN2O4/c13-12(16)19-11-5-7-14(8-6-11)9-1-3-10(4-2-9)15(17)18/h1-4,11H,5-8H2. The molecule has 1 aromatic carbocycles. The third-order valence-electron chi connectivity index (χ3n) is 3.13. The van der Waals surface area contributed by atoms with Gasteiger partial charge in [-0.05, 0) is 12.1 Å². The Morgan fingerprint density at radius 1 is 1.32 bits per heavy atom. The summed E-state index contributed by atoms with van der Waals surface area (Å²) in [6.45, 7) is 1.46. The molecule has 0 aromatic heterocycles. The van der Waals surface area contributed by atoms with E-state index >= 15 is 0 Å². The molecule has 1 aliphatic heterocycles. The van der Waals surface area contributed by atoms with Crippen molar-refractivity contribution in [3.8, 4) is 0 Å². The fraction of sp³-hybridized carbons (Fsp3) is 0.417. The predicted molar refractivity (Wildman–Crippen MR) is 70.7 cm³/mol. The Hall–Kier alpha value is -1.82. The van der Waals surface area contributed by atoms with E-state index in [9.17, 15) is 14.9 Å². The van der Waals surface area contributed by atoms with Gasteiger partial charge in [0.25, 0.3) is 5.69 Å². The Morgan fingerprint density at radius 3 is 2.37 bits per heavy atom. The van der Waals surface area contributed by atoms with Crippen molar-refractivity contribution in [2.75, 3.05) is 18.0 Å². The lowest BCUT2D eigenvalue weighted by Gasteiger charge is -2.32. The Kier molecular flexibility index (Phi) is 4.21. The van der Waals surface area contributed by atoms with Gasteiger partial charge in [0.1, 0.15) is 6.10 Å². The second kappa shape index (κ2) is 5.88. The molecule has 2 rings (SSSR count). The Labute approximate surface area is 115 Å². The smallest absolute Gasteiger partial charge is 0.404 e. The molecule has 0 radical (unpaired) electrons. The molecular weight excluding hydrogens is 272 g/mol. The number of piperidine rings is 1. The van der Waals surface area contributed by atoms with Crippen LogP contribution in [-0.2, 0) is 4.74 Å². The van der Waals surface area contributed by atoms with E-state index in [0.29, 0.717) is 12.8 Å². The van der Waals surface area contributed by atoms with Gasteiger partial charge in [-0.1, -0.05) is 0 Å². The highest BCUT2D eigenvalue weighted by molar-refractivity contribution is 6.61. The minimum Gasteiger partial charge on any atom is -0.450 e. The number of hydrogen-bond acceptors (Lipinski definition) is 5. The van der Waals surface area contributed by atoms with Gasteiger partial charge in [-0.15, -0.1) is 0 Å². The lowest BCUT2D eigenvalue weighted by Crippen LogP contribution is -2.37. The van der Waals surface area contributed by atoms with E-state index in [2.05, 4.69) is 4.90 Å². The van der Waals surface area contributed by atoms with Crippen LogP contribution in [0, 0.1) is 10.1 Å². The average Bonchev–Trinajstić information content (AvgIpc) is 2.39. The number of non-ortho nitro benzene ring substituents is 1. The minimum absolute atomic E-state index is 0.0784. The molecule has 0 spiro atoms. The van der Waals surface area contributed by atoms with Crippen LogP contribution >= 0.6 is 11.6 Å². The van der Waals surface area contributed by atoms with E-state index in [0.717, 1.165) is 18.8 Å². The molecule has 1 saturated heterocycles. The second-order valence-corrected chi connectivity index (χ2v) is 4.62. The first kappa shape index (κ1) is 13.6. The summed E-state index contributed by atoms with van der Waals surface area (Å²) in [6.07, 6.45) is 1.27. The first-order chi connectivity index (χ1) is 9.06. The zero-order chi connectivity index (χ0) is 13.8. The summed E-state index contributed by atoms with van der Waals surface area (Å²) in [5, 5.41) is 10.6. The van der Waals surface area contributed by atoms with Crippen LogP contribution in [-0.4, -0.2) is 29.5 Å². The SMILES string of the molecule is O=C(Cl)OC1CCN(c2ccc([N+](=O)[O-])cc2)CC1. The summed E-state index contributed by atoms with van der Waals surface area (Å²) in [6, 6.07) is 6.43. The Balaban J connectivity index is 1.94. The normalized spacial score (nSPS) is 16.2. The average molecular weight is 285 g/mol. The molecule has 0 aliphatic carbocycles. The van der Waals surface area contributed by atoms with Crippen molar-refractivity contribution >= 4 is 28.4 Å². The van der Waals surface area contributed by atoms with Crippen LogP contribution in [0.1, 0.15) is 12.8 Å². The van der Waals surface area contributed by atoms with Gasteiger partial charge in [0, 0.05) is 55.4 Å². The monoisotopic (exact) mass is 284 g/mol. The van der Waals surface area contributed by atoms with Crippen LogP contribution in [0.25, 0.3) is 0 Å². The van der Waals surface area contributed by atoms with Gasteiger partial charge in [-0.25, -0.2) is 4.79 Å². The fourth-order valence-corrected chi connectivity index (χ4v) is 2.27. The van der Waals surface area contributed by atoms with Gasteiger partial charge >= 0.3 is 5.43 Å². The maximum absolute atomic E-state index is 10.6. The number of carbonyl (C=O) groups excluding carboxylic acids is 1. The number of halogens is 1. The summed E-state index contributed by atoms with van der Waals surface area (Å²) in [5.74, 6) is 0. The number of nitro benzene ring substituents is 1. The fourth-order valence-electron chi connectivity index (χ4n) is 2.15. The van der Waals surface area contributed by atoms with Gasteiger partial charge in [0.05, 0.1) is 4.92 Å². The highest BCUT2D eigenvalue weighted by Crippen LogP contribution is 2.24. The largest absolute Gasteiger partial charge is 0.450 e. The number of rotatable bonds is 3. The molecular formula is C12H13ClN2O4. The van der Waals surface area contributed by atoms with Crippen molar-refractivity contribution in [1.82, 2.24) is 0 Å². The van der Waals surface area contributed by atoms with Crippen LogP contribution in [0.3, 0.4) is 0 Å². The van der Waals surface area contributed by atoms with Crippen molar-refractivity contribution in [3.63, 3.8) is 0 Å². The number of anilines is 1. The summed E-state index contributed by atoms with van der Waals surface area (Å²) < 4.78 is 4.94. The lowest BCUT2D eigenvalue weighted by molar-refractivity contribution is -0.384. The highest BCUT2D eigenvalue weighted by atomic mass is 35.5. The highest BCUT2D eigenvalue weighted by Gasteiger charge is 2.22. The summed E-state index contributed by atoms with van der Waals surface area (Å²) >= 11 is 5.17. The maximum atomic E-state index is 10.6. The molecule has 0 unspecified atom stereocenters. The van der Waals surface area contributed by atoms with Gasteiger partial charge in [-0.2, -0.15) is 0 Å². The molecule has 1 aromatic rings.